The summed E-state index contributed by atoms with van der Waals surface area (Å²) >= 11 is 0. The van der Waals surface area contributed by atoms with Gasteiger partial charge in [-0.05, 0) is 29.7 Å². The largest absolute Gasteiger partial charge is 0.496 e. The van der Waals surface area contributed by atoms with Gasteiger partial charge in [0.1, 0.15) is 11.6 Å². The Hall–Kier alpha value is -3.11. The number of nitrogens with zero attached hydrogens (tertiary/aromatic N) is 2. The van der Waals surface area contributed by atoms with Crippen LogP contribution in [0, 0.1) is 0 Å². The highest BCUT2D eigenvalue weighted by atomic mass is 16.5. The molecule has 0 aromatic heterocycles. The number of para-hydroxylation sites is 2. The number of fused-ring (bicyclic) bond motifs is 1. The Morgan fingerprint density at radius 2 is 1.68 bits per heavy atom. The average molecular weight is 371 g/mol. The van der Waals surface area contributed by atoms with Gasteiger partial charge in [0.15, 0.2) is 0 Å². The van der Waals surface area contributed by atoms with Crippen LogP contribution in [0.15, 0.2) is 83.9 Å². The van der Waals surface area contributed by atoms with Crippen molar-refractivity contribution in [3.05, 3.63) is 95.6 Å². The van der Waals surface area contributed by atoms with Crippen molar-refractivity contribution in [1.82, 2.24) is 4.90 Å². The highest BCUT2D eigenvalue weighted by Gasteiger charge is 2.25. The molecule has 4 nitrogen and oxygen atoms in total. The number of amidine groups is 1. The molecule has 1 aliphatic rings. The first-order chi connectivity index (χ1) is 13.7. The Morgan fingerprint density at radius 1 is 0.964 bits per heavy atom. The molecule has 1 atom stereocenters. The van der Waals surface area contributed by atoms with E-state index in [-0.39, 0.29) is 6.04 Å². The van der Waals surface area contributed by atoms with Crippen LogP contribution in [0.5, 0.6) is 5.75 Å². The molecule has 0 aliphatic carbocycles. The lowest BCUT2D eigenvalue weighted by Crippen LogP contribution is -2.45. The first-order valence-electron chi connectivity index (χ1n) is 9.57. The van der Waals surface area contributed by atoms with E-state index in [4.69, 9.17) is 15.5 Å². The second-order valence-corrected chi connectivity index (χ2v) is 7.06. The molecule has 0 amide bonds. The molecule has 142 valence electrons. The quantitative estimate of drug-likeness (QED) is 0.702. The zero-order valence-corrected chi connectivity index (χ0v) is 16.1. The lowest BCUT2D eigenvalue weighted by atomic mass is 10.0. The van der Waals surface area contributed by atoms with E-state index in [1.54, 1.807) is 7.11 Å². The molecule has 0 radical (unpaired) electrons. The van der Waals surface area contributed by atoms with Crippen molar-refractivity contribution in [2.24, 2.45) is 10.7 Å². The maximum Gasteiger partial charge on any atom is 0.123 e. The van der Waals surface area contributed by atoms with E-state index in [1.807, 2.05) is 42.5 Å². The average Bonchev–Trinajstić information content (AvgIpc) is 2.74. The van der Waals surface area contributed by atoms with Crippen LogP contribution >= 0.6 is 0 Å². The Labute approximate surface area is 166 Å². The van der Waals surface area contributed by atoms with Crippen molar-refractivity contribution in [3.63, 3.8) is 0 Å². The summed E-state index contributed by atoms with van der Waals surface area (Å²) in [5.74, 6) is 1.81. The van der Waals surface area contributed by atoms with Gasteiger partial charge in [-0.3, -0.25) is 0 Å². The maximum atomic E-state index is 6.65. The van der Waals surface area contributed by atoms with Crippen molar-refractivity contribution >= 4 is 11.5 Å². The van der Waals surface area contributed by atoms with Crippen LogP contribution in [0.1, 0.15) is 16.7 Å². The summed E-state index contributed by atoms with van der Waals surface area (Å²) in [5, 5.41) is 0. The molecule has 28 heavy (non-hydrogen) atoms. The molecule has 1 unspecified atom stereocenters. The predicted octanol–water partition coefficient (Wildman–Crippen LogP) is 4.31. The molecule has 0 saturated heterocycles. The molecular weight excluding hydrogens is 346 g/mol. The maximum absolute atomic E-state index is 6.65. The second-order valence-electron chi connectivity index (χ2n) is 7.06. The number of methoxy groups -OCH3 is 1. The third kappa shape index (κ3) is 3.92. The standard InChI is InChI=1S/C24H25N3O/c1-28-23-14-8-6-12-20(23)17-27-16-19-11-5-7-13-22(19)26-24(27)21(25)15-18-9-3-2-4-10-18/h2-14,21H,15-17,25H2,1H3. The summed E-state index contributed by atoms with van der Waals surface area (Å²) in [5.41, 5.74) is 11.2. The Morgan fingerprint density at radius 3 is 2.50 bits per heavy atom. The lowest BCUT2D eigenvalue weighted by Gasteiger charge is -2.34. The molecule has 0 bridgehead atoms. The minimum atomic E-state index is -0.175. The molecule has 2 N–H and O–H groups in total. The summed E-state index contributed by atoms with van der Waals surface area (Å²) in [7, 11) is 1.71. The minimum Gasteiger partial charge on any atom is -0.496 e. The molecular formula is C24H25N3O. The third-order valence-corrected chi connectivity index (χ3v) is 5.10. The fraction of sp³-hybridized carbons (Fsp3) is 0.208. The van der Waals surface area contributed by atoms with Crippen LogP contribution in [-0.4, -0.2) is 23.9 Å². The van der Waals surface area contributed by atoms with E-state index >= 15 is 0 Å². The first-order valence-corrected chi connectivity index (χ1v) is 9.57. The van der Waals surface area contributed by atoms with Crippen molar-refractivity contribution in [3.8, 4) is 5.75 Å². The Balaban J connectivity index is 1.65. The molecule has 1 heterocycles. The minimum absolute atomic E-state index is 0.175. The molecule has 3 aromatic carbocycles. The normalized spacial score (nSPS) is 14.2. The number of hydrogen-bond acceptors (Lipinski definition) is 4. The summed E-state index contributed by atoms with van der Waals surface area (Å²) in [6.45, 7) is 1.50. The van der Waals surface area contributed by atoms with E-state index in [2.05, 4.69) is 41.3 Å². The summed E-state index contributed by atoms with van der Waals surface area (Å²) < 4.78 is 5.55. The van der Waals surface area contributed by atoms with Crippen molar-refractivity contribution in [2.75, 3.05) is 7.11 Å². The number of nitrogens with two attached hydrogens (primary N) is 1. The lowest BCUT2D eigenvalue weighted by molar-refractivity contribution is 0.363. The number of hydrogen-bond donors (Lipinski definition) is 1. The second kappa shape index (κ2) is 8.28. The van der Waals surface area contributed by atoms with Crippen molar-refractivity contribution in [2.45, 2.75) is 25.6 Å². The van der Waals surface area contributed by atoms with Gasteiger partial charge in [0.25, 0.3) is 0 Å². The van der Waals surface area contributed by atoms with Crippen LogP contribution in [0.25, 0.3) is 0 Å². The van der Waals surface area contributed by atoms with Gasteiger partial charge < -0.3 is 15.4 Å². The van der Waals surface area contributed by atoms with Gasteiger partial charge in [0.05, 0.1) is 18.8 Å². The van der Waals surface area contributed by atoms with Crippen LogP contribution in [0.3, 0.4) is 0 Å². The Bertz CT molecular complexity index is 968. The number of ether oxygens (including phenoxy) is 1. The first kappa shape index (κ1) is 18.3. The number of rotatable bonds is 6. The van der Waals surface area contributed by atoms with Gasteiger partial charge in [-0.1, -0.05) is 66.7 Å². The predicted molar refractivity (Wildman–Crippen MR) is 114 cm³/mol. The van der Waals surface area contributed by atoms with Crippen molar-refractivity contribution in [1.29, 1.82) is 0 Å². The fourth-order valence-corrected chi connectivity index (χ4v) is 3.69. The van der Waals surface area contributed by atoms with Gasteiger partial charge in [-0.15, -0.1) is 0 Å². The fourth-order valence-electron chi connectivity index (χ4n) is 3.69. The molecule has 0 fully saturated rings. The van der Waals surface area contributed by atoms with E-state index < -0.39 is 0 Å². The van der Waals surface area contributed by atoms with Gasteiger partial charge >= 0.3 is 0 Å². The molecule has 1 aliphatic heterocycles. The van der Waals surface area contributed by atoms with Crippen LogP contribution in [0.4, 0.5) is 5.69 Å². The summed E-state index contributed by atoms with van der Waals surface area (Å²) in [6, 6.07) is 26.6. The van der Waals surface area contributed by atoms with Crippen molar-refractivity contribution < 1.29 is 4.74 Å². The number of benzene rings is 3. The molecule has 4 heteroatoms. The summed E-state index contributed by atoms with van der Waals surface area (Å²) in [6.07, 6.45) is 0.754. The number of aliphatic imine (C=N–C) groups is 1. The van der Waals surface area contributed by atoms with Gasteiger partial charge in [0.2, 0.25) is 0 Å². The summed E-state index contributed by atoms with van der Waals surface area (Å²) in [4.78, 5) is 7.22. The van der Waals surface area contributed by atoms with E-state index in [1.165, 1.54) is 11.1 Å². The van der Waals surface area contributed by atoms with Crippen LogP contribution in [0.2, 0.25) is 0 Å². The zero-order valence-electron chi connectivity index (χ0n) is 16.1. The van der Waals surface area contributed by atoms with Gasteiger partial charge in [-0.25, -0.2) is 4.99 Å². The molecule has 4 rings (SSSR count). The molecule has 0 saturated carbocycles. The molecule has 0 spiro atoms. The van der Waals surface area contributed by atoms with E-state index in [0.717, 1.165) is 35.8 Å². The van der Waals surface area contributed by atoms with Gasteiger partial charge in [0, 0.05) is 18.7 Å². The van der Waals surface area contributed by atoms with Crippen LogP contribution < -0.4 is 10.5 Å². The van der Waals surface area contributed by atoms with Crippen LogP contribution in [-0.2, 0) is 19.5 Å². The SMILES string of the molecule is COc1ccccc1CN1Cc2ccccc2N=C1C(N)Cc1ccccc1. The van der Waals surface area contributed by atoms with Gasteiger partial charge in [-0.2, -0.15) is 0 Å². The smallest absolute Gasteiger partial charge is 0.123 e. The molecule has 3 aromatic rings. The third-order valence-electron chi connectivity index (χ3n) is 5.10. The highest BCUT2D eigenvalue weighted by molar-refractivity contribution is 5.91. The highest BCUT2D eigenvalue weighted by Crippen LogP contribution is 2.29. The topological polar surface area (TPSA) is 50.8 Å². The van der Waals surface area contributed by atoms with E-state index in [9.17, 15) is 0 Å². The monoisotopic (exact) mass is 371 g/mol. The Kier molecular flexibility index (Phi) is 5.40. The van der Waals surface area contributed by atoms with E-state index in [0.29, 0.717) is 6.54 Å². The zero-order chi connectivity index (χ0) is 19.3.